The van der Waals surface area contributed by atoms with Crippen molar-refractivity contribution >= 4 is 15.9 Å². The first kappa shape index (κ1) is 15.0. The summed E-state index contributed by atoms with van der Waals surface area (Å²) in [7, 11) is 0. The SMILES string of the molecule is CCCn1ncc(Br)c1C1(O)CCN(C(C)C)CC1. The molecule has 1 fully saturated rings. The number of likely N-dealkylation sites (tertiary alicyclic amines) is 1. The van der Waals surface area contributed by atoms with Gasteiger partial charge in [-0.3, -0.25) is 4.68 Å². The molecule has 0 aliphatic carbocycles. The maximum absolute atomic E-state index is 11.0. The van der Waals surface area contributed by atoms with Crippen LogP contribution in [0, 0.1) is 0 Å². The first-order chi connectivity index (χ1) is 8.98. The molecule has 1 N–H and O–H groups in total. The van der Waals surface area contributed by atoms with E-state index in [1.807, 2.05) is 4.68 Å². The molecule has 5 heteroatoms. The highest BCUT2D eigenvalue weighted by molar-refractivity contribution is 9.10. The van der Waals surface area contributed by atoms with Gasteiger partial charge in [0.2, 0.25) is 0 Å². The molecule has 4 nitrogen and oxygen atoms in total. The van der Waals surface area contributed by atoms with Crippen molar-refractivity contribution in [3.63, 3.8) is 0 Å². The normalized spacial score (nSPS) is 20.1. The Morgan fingerprint density at radius 1 is 1.42 bits per heavy atom. The number of halogens is 1. The number of aliphatic hydroxyl groups is 1. The molecule has 1 aromatic heterocycles. The Bertz CT molecular complexity index is 422. The van der Waals surface area contributed by atoms with Crippen molar-refractivity contribution in [3.8, 4) is 0 Å². The summed E-state index contributed by atoms with van der Waals surface area (Å²) >= 11 is 3.54. The van der Waals surface area contributed by atoms with Gasteiger partial charge in [0.15, 0.2) is 0 Å². The van der Waals surface area contributed by atoms with Crippen molar-refractivity contribution in [2.75, 3.05) is 13.1 Å². The Labute approximate surface area is 123 Å². The van der Waals surface area contributed by atoms with E-state index in [0.29, 0.717) is 6.04 Å². The third-order valence-electron chi connectivity index (χ3n) is 4.03. The second-order valence-corrected chi connectivity index (χ2v) is 6.58. The van der Waals surface area contributed by atoms with Crippen LogP contribution in [0.5, 0.6) is 0 Å². The van der Waals surface area contributed by atoms with Gasteiger partial charge in [-0.25, -0.2) is 0 Å². The third kappa shape index (κ3) is 3.03. The lowest BCUT2D eigenvalue weighted by atomic mass is 9.87. The van der Waals surface area contributed by atoms with E-state index >= 15 is 0 Å². The van der Waals surface area contributed by atoms with Crippen LogP contribution in [0.25, 0.3) is 0 Å². The summed E-state index contributed by atoms with van der Waals surface area (Å²) in [5, 5.41) is 15.4. The lowest BCUT2D eigenvalue weighted by molar-refractivity contribution is -0.0394. The average molecular weight is 330 g/mol. The van der Waals surface area contributed by atoms with Gasteiger partial charge >= 0.3 is 0 Å². The van der Waals surface area contributed by atoms with Gasteiger partial charge in [0.05, 0.1) is 16.4 Å². The molecular formula is C14H24BrN3O. The van der Waals surface area contributed by atoms with Crippen LogP contribution in [0.3, 0.4) is 0 Å². The van der Waals surface area contributed by atoms with Gasteiger partial charge in [-0.1, -0.05) is 6.92 Å². The lowest BCUT2D eigenvalue weighted by Gasteiger charge is -2.40. The van der Waals surface area contributed by atoms with Gasteiger partial charge in [0.1, 0.15) is 5.60 Å². The number of hydrogen-bond donors (Lipinski definition) is 1. The van der Waals surface area contributed by atoms with Crippen LogP contribution < -0.4 is 0 Å². The van der Waals surface area contributed by atoms with Crippen molar-refractivity contribution < 1.29 is 5.11 Å². The standard InChI is InChI=1S/C14H24BrN3O/c1-4-7-18-13(12(15)10-16-18)14(19)5-8-17(9-6-14)11(2)3/h10-11,19H,4-9H2,1-3H3. The molecule has 0 unspecified atom stereocenters. The molecule has 0 bridgehead atoms. The van der Waals surface area contributed by atoms with Crippen LogP contribution in [0.15, 0.2) is 10.7 Å². The van der Waals surface area contributed by atoms with Gasteiger partial charge in [-0.15, -0.1) is 0 Å². The van der Waals surface area contributed by atoms with E-state index in [4.69, 9.17) is 0 Å². The van der Waals surface area contributed by atoms with Crippen molar-refractivity contribution in [1.29, 1.82) is 0 Å². The molecular weight excluding hydrogens is 306 g/mol. The molecule has 0 amide bonds. The van der Waals surface area contributed by atoms with Crippen molar-refractivity contribution in [2.24, 2.45) is 0 Å². The largest absolute Gasteiger partial charge is 0.383 e. The number of aromatic nitrogens is 2. The fraction of sp³-hybridized carbons (Fsp3) is 0.786. The number of rotatable bonds is 4. The van der Waals surface area contributed by atoms with Crippen LogP contribution in [0.2, 0.25) is 0 Å². The van der Waals surface area contributed by atoms with E-state index in [2.05, 4.69) is 46.7 Å². The maximum Gasteiger partial charge on any atom is 0.110 e. The zero-order valence-electron chi connectivity index (χ0n) is 12.1. The third-order valence-corrected chi connectivity index (χ3v) is 4.61. The molecule has 108 valence electrons. The van der Waals surface area contributed by atoms with Crippen molar-refractivity contribution in [2.45, 2.75) is 58.2 Å². The monoisotopic (exact) mass is 329 g/mol. The van der Waals surface area contributed by atoms with Gasteiger partial charge in [-0.05, 0) is 49.0 Å². The molecule has 2 heterocycles. The summed E-state index contributed by atoms with van der Waals surface area (Å²) in [6.07, 6.45) is 4.38. The molecule has 0 atom stereocenters. The summed E-state index contributed by atoms with van der Waals surface area (Å²) in [5.74, 6) is 0. The van der Waals surface area contributed by atoms with E-state index in [9.17, 15) is 5.11 Å². The Hall–Kier alpha value is -0.390. The highest BCUT2D eigenvalue weighted by Crippen LogP contribution is 2.37. The first-order valence-corrected chi connectivity index (χ1v) is 7.95. The predicted octanol–water partition coefficient (Wildman–Crippen LogP) is 2.75. The van der Waals surface area contributed by atoms with Crippen molar-refractivity contribution in [3.05, 3.63) is 16.4 Å². The number of aryl methyl sites for hydroxylation is 1. The Morgan fingerprint density at radius 2 is 2.05 bits per heavy atom. The molecule has 0 radical (unpaired) electrons. The van der Waals surface area contributed by atoms with Gasteiger partial charge in [0.25, 0.3) is 0 Å². The Balaban J connectivity index is 2.19. The second kappa shape index (κ2) is 5.94. The van der Waals surface area contributed by atoms with E-state index in [0.717, 1.165) is 49.1 Å². The van der Waals surface area contributed by atoms with Crippen molar-refractivity contribution in [1.82, 2.24) is 14.7 Å². The summed E-state index contributed by atoms with van der Waals surface area (Å²) < 4.78 is 2.89. The first-order valence-electron chi connectivity index (χ1n) is 7.16. The van der Waals surface area contributed by atoms with Crippen LogP contribution >= 0.6 is 15.9 Å². The molecule has 0 aromatic carbocycles. The molecule has 1 aliphatic heterocycles. The van der Waals surface area contributed by atoms with Gasteiger partial charge in [-0.2, -0.15) is 5.10 Å². The number of piperidine rings is 1. The summed E-state index contributed by atoms with van der Waals surface area (Å²) in [6, 6.07) is 0.550. The Kier molecular flexibility index (Phi) is 4.69. The fourth-order valence-corrected chi connectivity index (χ4v) is 3.52. The molecule has 19 heavy (non-hydrogen) atoms. The smallest absolute Gasteiger partial charge is 0.110 e. The minimum atomic E-state index is -0.740. The molecule has 2 rings (SSSR count). The molecule has 1 saturated heterocycles. The highest BCUT2D eigenvalue weighted by atomic mass is 79.9. The number of hydrogen-bond acceptors (Lipinski definition) is 3. The average Bonchev–Trinajstić information content (AvgIpc) is 2.72. The van der Waals surface area contributed by atoms with E-state index in [1.165, 1.54) is 0 Å². The van der Waals surface area contributed by atoms with Gasteiger partial charge in [0, 0.05) is 25.7 Å². The lowest BCUT2D eigenvalue weighted by Crippen LogP contribution is -2.46. The molecule has 0 saturated carbocycles. The fourth-order valence-electron chi connectivity index (χ4n) is 2.85. The number of nitrogens with zero attached hydrogens (tertiary/aromatic N) is 3. The summed E-state index contributed by atoms with van der Waals surface area (Å²) in [4.78, 5) is 2.42. The second-order valence-electron chi connectivity index (χ2n) is 5.73. The molecule has 1 aromatic rings. The Morgan fingerprint density at radius 3 is 2.58 bits per heavy atom. The molecule has 1 aliphatic rings. The highest BCUT2D eigenvalue weighted by Gasteiger charge is 2.38. The quantitative estimate of drug-likeness (QED) is 0.923. The topological polar surface area (TPSA) is 41.3 Å². The van der Waals surface area contributed by atoms with Crippen LogP contribution in [0.4, 0.5) is 0 Å². The predicted molar refractivity (Wildman–Crippen MR) is 80.1 cm³/mol. The summed E-state index contributed by atoms with van der Waals surface area (Å²) in [5.41, 5.74) is 0.216. The zero-order valence-corrected chi connectivity index (χ0v) is 13.7. The van der Waals surface area contributed by atoms with E-state index in [-0.39, 0.29) is 0 Å². The van der Waals surface area contributed by atoms with Crippen LogP contribution in [-0.4, -0.2) is 38.9 Å². The molecule has 0 spiro atoms. The van der Waals surface area contributed by atoms with E-state index < -0.39 is 5.60 Å². The van der Waals surface area contributed by atoms with Gasteiger partial charge < -0.3 is 10.0 Å². The minimum absolute atomic E-state index is 0.550. The van der Waals surface area contributed by atoms with E-state index in [1.54, 1.807) is 6.20 Å². The summed E-state index contributed by atoms with van der Waals surface area (Å²) in [6.45, 7) is 9.29. The minimum Gasteiger partial charge on any atom is -0.383 e. The van der Waals surface area contributed by atoms with Crippen LogP contribution in [-0.2, 0) is 12.1 Å². The zero-order chi connectivity index (χ0) is 14.0. The maximum atomic E-state index is 11.0. The van der Waals surface area contributed by atoms with Crippen LogP contribution in [0.1, 0.15) is 45.7 Å².